The molecule has 0 saturated heterocycles. The Bertz CT molecular complexity index is 1630. The highest BCUT2D eigenvalue weighted by atomic mass is 16.5. The molecule has 9 nitrogen and oxygen atoms in total. The lowest BCUT2D eigenvalue weighted by molar-refractivity contribution is -0.451. The van der Waals surface area contributed by atoms with Gasteiger partial charge in [0.05, 0.1) is 32.0 Å². The molecule has 0 atom stereocenters. The molecule has 0 bridgehead atoms. The summed E-state index contributed by atoms with van der Waals surface area (Å²) in [6.45, 7) is 0.529. The first-order chi connectivity index (χ1) is 18.0. The molecule has 2 aliphatic rings. The number of nitrogens with zero attached hydrogens (tertiary/aromatic N) is 4. The second-order valence-corrected chi connectivity index (χ2v) is 9.20. The Kier molecular flexibility index (Phi) is 5.48. The molecule has 4 aromatic rings. The van der Waals surface area contributed by atoms with E-state index in [1.165, 1.54) is 11.7 Å². The van der Waals surface area contributed by atoms with E-state index < -0.39 is 17.3 Å². The number of hydrogen-bond donors (Lipinski definition) is 1. The molecule has 0 spiro atoms. The number of oxazole rings is 1. The fourth-order valence-electron chi connectivity index (χ4n) is 5.12. The topological polar surface area (TPSA) is 110 Å². The fraction of sp³-hybridized carbons (Fsp3) is 0.250. The van der Waals surface area contributed by atoms with Gasteiger partial charge in [0.15, 0.2) is 0 Å². The standard InChI is InChI=1S/C28H24N4O5/c1-31-26(34)24(33)22(25-29-20-9-6-10-21(20)37-25)30-28(31)32-14-13-16-11-12-18(27(35)36-2)15-19(16)23(32)17-7-4-3-5-8-17/h3-5,7-8,11-12,15H,6,9-10,13-14H2,1-2H3/p+1. The smallest absolute Gasteiger partial charge is 0.402 e. The van der Waals surface area contributed by atoms with Gasteiger partial charge in [0, 0.05) is 24.0 Å². The molecule has 0 unspecified atom stereocenters. The molecule has 0 radical (unpaired) electrons. The fourth-order valence-corrected chi connectivity index (χ4v) is 5.12. The average Bonchev–Trinajstić information content (AvgIpc) is 3.54. The second kappa shape index (κ2) is 8.85. The van der Waals surface area contributed by atoms with E-state index in [-0.39, 0.29) is 11.6 Å². The van der Waals surface area contributed by atoms with E-state index in [0.717, 1.165) is 53.1 Å². The molecule has 37 heavy (non-hydrogen) atoms. The zero-order chi connectivity index (χ0) is 25.7. The van der Waals surface area contributed by atoms with Crippen molar-refractivity contribution >= 4 is 17.6 Å². The summed E-state index contributed by atoms with van der Waals surface area (Å²) in [7, 11) is 2.93. The first-order valence-electron chi connectivity index (χ1n) is 12.2. The summed E-state index contributed by atoms with van der Waals surface area (Å²) in [5, 5.41) is 10.7. The number of benzene rings is 2. The maximum absolute atomic E-state index is 13.2. The van der Waals surface area contributed by atoms with Crippen LogP contribution in [-0.4, -0.2) is 49.6 Å². The monoisotopic (exact) mass is 497 g/mol. The molecule has 2 aromatic carbocycles. The summed E-state index contributed by atoms with van der Waals surface area (Å²) in [4.78, 5) is 34.8. The van der Waals surface area contributed by atoms with E-state index in [4.69, 9.17) is 14.1 Å². The number of aryl methyl sites for hydroxylation is 2. The maximum atomic E-state index is 13.2. The van der Waals surface area contributed by atoms with E-state index in [1.54, 1.807) is 13.1 Å². The molecule has 0 amide bonds. The summed E-state index contributed by atoms with van der Waals surface area (Å²) >= 11 is 0. The third kappa shape index (κ3) is 3.74. The molecule has 3 heterocycles. The number of rotatable bonds is 4. The van der Waals surface area contributed by atoms with Crippen LogP contribution in [0.2, 0.25) is 0 Å². The van der Waals surface area contributed by atoms with E-state index in [9.17, 15) is 14.7 Å². The highest BCUT2D eigenvalue weighted by molar-refractivity contribution is 6.12. The van der Waals surface area contributed by atoms with Gasteiger partial charge in [-0.25, -0.2) is 19.1 Å². The SMILES string of the molecule is COC(=O)c1ccc2c(c1)C(c1ccccc1)=[N+](c1nc(-c3nc4c(o3)CCC4)c(O)c(=O)n1C)CC2. The Morgan fingerprint density at radius 3 is 2.68 bits per heavy atom. The van der Waals surface area contributed by atoms with E-state index in [2.05, 4.69) is 4.98 Å². The van der Waals surface area contributed by atoms with Gasteiger partial charge in [-0.3, -0.25) is 0 Å². The number of carbonyl (C=O) groups is 1. The summed E-state index contributed by atoms with van der Waals surface area (Å²) < 4.78 is 14.1. The van der Waals surface area contributed by atoms with Crippen molar-refractivity contribution in [2.45, 2.75) is 25.7 Å². The Morgan fingerprint density at radius 1 is 1.11 bits per heavy atom. The molecule has 1 aliphatic carbocycles. The lowest BCUT2D eigenvalue weighted by Gasteiger charge is -2.23. The zero-order valence-corrected chi connectivity index (χ0v) is 20.5. The lowest BCUT2D eigenvalue weighted by atomic mass is 9.91. The van der Waals surface area contributed by atoms with Crippen molar-refractivity contribution in [1.82, 2.24) is 14.5 Å². The highest BCUT2D eigenvalue weighted by Gasteiger charge is 2.33. The van der Waals surface area contributed by atoms with Crippen LogP contribution in [0.5, 0.6) is 5.75 Å². The quantitative estimate of drug-likeness (QED) is 0.341. The third-order valence-electron chi connectivity index (χ3n) is 6.99. The van der Waals surface area contributed by atoms with Crippen molar-refractivity contribution in [3.8, 4) is 17.3 Å². The summed E-state index contributed by atoms with van der Waals surface area (Å²) in [6.07, 6.45) is 3.21. The van der Waals surface area contributed by atoms with E-state index in [1.807, 2.05) is 47.0 Å². The van der Waals surface area contributed by atoms with Crippen molar-refractivity contribution in [3.63, 3.8) is 0 Å². The lowest BCUT2D eigenvalue weighted by Crippen LogP contribution is -2.33. The Hall–Kier alpha value is -4.53. The molecule has 2 aromatic heterocycles. The highest BCUT2D eigenvalue weighted by Crippen LogP contribution is 2.32. The van der Waals surface area contributed by atoms with Crippen LogP contribution in [0.1, 0.15) is 44.9 Å². The second-order valence-electron chi connectivity index (χ2n) is 9.20. The molecule has 0 fully saturated rings. The number of aromatic hydroxyl groups is 1. The number of aromatic nitrogens is 3. The molecule has 1 aliphatic heterocycles. The van der Waals surface area contributed by atoms with Crippen molar-refractivity contribution in [2.24, 2.45) is 7.05 Å². The predicted molar refractivity (Wildman–Crippen MR) is 135 cm³/mol. The van der Waals surface area contributed by atoms with Crippen molar-refractivity contribution < 1.29 is 23.6 Å². The van der Waals surface area contributed by atoms with Gasteiger partial charge in [-0.1, -0.05) is 41.4 Å². The zero-order valence-electron chi connectivity index (χ0n) is 20.5. The van der Waals surface area contributed by atoms with Gasteiger partial charge >= 0.3 is 17.5 Å². The number of methoxy groups -OCH3 is 1. The largest absolute Gasteiger partial charge is 0.499 e. The van der Waals surface area contributed by atoms with Crippen molar-refractivity contribution in [2.75, 3.05) is 13.7 Å². The Balaban J connectivity index is 1.62. The first-order valence-corrected chi connectivity index (χ1v) is 12.2. The molecule has 9 heteroatoms. The number of esters is 1. The number of hydrogen-bond acceptors (Lipinski definition) is 7. The minimum Gasteiger partial charge on any atom is -0.499 e. The van der Waals surface area contributed by atoms with Crippen LogP contribution in [0.25, 0.3) is 11.6 Å². The number of ether oxygens (including phenoxy) is 1. The molecule has 186 valence electrons. The number of fused-ring (bicyclic) bond motifs is 2. The minimum absolute atomic E-state index is 0.0222. The molecular formula is C28H25N4O5+. The summed E-state index contributed by atoms with van der Waals surface area (Å²) in [5.74, 6) is 0.327. The van der Waals surface area contributed by atoms with Crippen LogP contribution in [0.4, 0.5) is 5.95 Å². The number of carbonyl (C=O) groups excluding carboxylic acids is 1. The third-order valence-corrected chi connectivity index (χ3v) is 6.99. The van der Waals surface area contributed by atoms with Crippen LogP contribution in [-0.2, 0) is 31.0 Å². The Morgan fingerprint density at radius 2 is 1.92 bits per heavy atom. The van der Waals surface area contributed by atoms with Crippen LogP contribution in [0.3, 0.4) is 0 Å². The van der Waals surface area contributed by atoms with E-state index in [0.29, 0.717) is 24.5 Å². The van der Waals surface area contributed by atoms with Gasteiger partial charge in [0.25, 0.3) is 11.6 Å². The average molecular weight is 498 g/mol. The van der Waals surface area contributed by atoms with Gasteiger partial charge in [-0.2, -0.15) is 4.57 Å². The van der Waals surface area contributed by atoms with Crippen molar-refractivity contribution in [3.05, 3.63) is 92.6 Å². The predicted octanol–water partition coefficient (Wildman–Crippen LogP) is 3.15. The van der Waals surface area contributed by atoms with Gasteiger partial charge in [-0.15, -0.1) is 0 Å². The van der Waals surface area contributed by atoms with Crippen LogP contribution in [0.15, 0.2) is 57.7 Å². The van der Waals surface area contributed by atoms with Gasteiger partial charge in [-0.05, 0) is 30.5 Å². The van der Waals surface area contributed by atoms with Crippen molar-refractivity contribution in [1.29, 1.82) is 0 Å². The molecule has 1 N–H and O–H groups in total. The van der Waals surface area contributed by atoms with Crippen LogP contribution < -0.4 is 5.56 Å². The van der Waals surface area contributed by atoms with Crippen LogP contribution >= 0.6 is 0 Å². The molecule has 0 saturated carbocycles. The summed E-state index contributed by atoms with van der Waals surface area (Å²) in [5.41, 5.74) is 4.30. The summed E-state index contributed by atoms with van der Waals surface area (Å²) in [6, 6.07) is 15.2. The van der Waals surface area contributed by atoms with Crippen LogP contribution in [0, 0.1) is 0 Å². The molecule has 6 rings (SSSR count). The normalized spacial score (nSPS) is 14.4. The molecular weight excluding hydrogens is 472 g/mol. The first kappa shape index (κ1) is 22.9. The van der Waals surface area contributed by atoms with Gasteiger partial charge < -0.3 is 14.3 Å². The van der Waals surface area contributed by atoms with Gasteiger partial charge in [0.1, 0.15) is 11.5 Å². The minimum atomic E-state index is -0.597. The van der Waals surface area contributed by atoms with Gasteiger partial charge in [0.2, 0.25) is 5.75 Å². The maximum Gasteiger partial charge on any atom is 0.402 e. The van der Waals surface area contributed by atoms with E-state index >= 15 is 0 Å². The Labute approximate surface area is 212 Å².